The smallest absolute Gasteiger partial charge is 0.111 e. The zero-order chi connectivity index (χ0) is 14.1. The fourth-order valence-corrected chi connectivity index (χ4v) is 3.28. The maximum absolute atomic E-state index is 5.98. The van der Waals surface area contributed by atoms with Gasteiger partial charge in [0.1, 0.15) is 5.82 Å². The van der Waals surface area contributed by atoms with Crippen LogP contribution in [0.25, 0.3) is 11.0 Å². The third kappa shape index (κ3) is 2.71. The van der Waals surface area contributed by atoms with Gasteiger partial charge in [0.15, 0.2) is 0 Å². The highest BCUT2D eigenvalue weighted by atomic mass is 35.5. The summed E-state index contributed by atoms with van der Waals surface area (Å²) in [4.78, 5) is 4.82. The average Bonchev–Trinajstić information content (AvgIpc) is 3.18. The minimum absolute atomic E-state index is 0.576. The van der Waals surface area contributed by atoms with Gasteiger partial charge in [-0.2, -0.15) is 0 Å². The number of halogens is 1. The maximum atomic E-state index is 5.98. The molecule has 20 heavy (non-hydrogen) atoms. The molecule has 0 amide bonds. The van der Waals surface area contributed by atoms with Crippen LogP contribution in [0, 0.1) is 12.8 Å². The summed E-state index contributed by atoms with van der Waals surface area (Å²) in [5.74, 6) is 2.74. The molecule has 0 aliphatic heterocycles. The van der Waals surface area contributed by atoms with Gasteiger partial charge in [0.05, 0.1) is 11.0 Å². The first-order valence-electron chi connectivity index (χ1n) is 7.76. The van der Waals surface area contributed by atoms with Crippen LogP contribution in [-0.2, 0) is 6.42 Å². The SMILES string of the molecule is CCC(CC1CC1)n1c(CCCl)nc2ccc(C)cc21. The van der Waals surface area contributed by atoms with Gasteiger partial charge in [-0.25, -0.2) is 4.98 Å². The molecule has 1 aromatic heterocycles. The summed E-state index contributed by atoms with van der Waals surface area (Å²) in [6.07, 6.45) is 6.15. The summed E-state index contributed by atoms with van der Waals surface area (Å²) in [6.45, 7) is 4.44. The Morgan fingerprint density at radius 2 is 2.20 bits per heavy atom. The fraction of sp³-hybridized carbons (Fsp3) is 0.588. The standard InChI is InChI=1S/C17H23ClN2/c1-3-14(11-13-5-6-13)20-16-10-12(2)4-7-15(16)19-17(20)8-9-18/h4,7,10,13-14H,3,5-6,8-9,11H2,1-2H3. The van der Waals surface area contributed by atoms with Gasteiger partial charge in [0.2, 0.25) is 0 Å². The largest absolute Gasteiger partial charge is 0.325 e. The number of nitrogens with zero attached hydrogens (tertiary/aromatic N) is 2. The van der Waals surface area contributed by atoms with E-state index in [-0.39, 0.29) is 0 Å². The van der Waals surface area contributed by atoms with E-state index < -0.39 is 0 Å². The molecule has 1 atom stereocenters. The Balaban J connectivity index is 2.07. The fourth-order valence-electron chi connectivity index (χ4n) is 3.11. The van der Waals surface area contributed by atoms with Gasteiger partial charge in [-0.1, -0.05) is 25.8 Å². The Kier molecular flexibility index (Phi) is 4.02. The normalized spacial score (nSPS) is 16.8. The second-order valence-corrected chi connectivity index (χ2v) is 6.45. The first-order chi connectivity index (χ1) is 9.72. The van der Waals surface area contributed by atoms with Crippen molar-refractivity contribution in [3.63, 3.8) is 0 Å². The first kappa shape index (κ1) is 13.9. The summed E-state index contributed by atoms with van der Waals surface area (Å²) in [7, 11) is 0. The van der Waals surface area contributed by atoms with Crippen molar-refractivity contribution in [3.05, 3.63) is 29.6 Å². The molecule has 0 radical (unpaired) electrons. The van der Waals surface area contributed by atoms with Crippen molar-refractivity contribution in [2.24, 2.45) is 5.92 Å². The molecule has 1 saturated carbocycles. The topological polar surface area (TPSA) is 17.8 Å². The van der Waals surface area contributed by atoms with Crippen LogP contribution in [0.15, 0.2) is 18.2 Å². The van der Waals surface area contributed by atoms with Crippen LogP contribution in [0.5, 0.6) is 0 Å². The molecule has 1 unspecified atom stereocenters. The van der Waals surface area contributed by atoms with E-state index in [0.29, 0.717) is 11.9 Å². The molecule has 0 N–H and O–H groups in total. The van der Waals surface area contributed by atoms with Gasteiger partial charge in [-0.05, 0) is 43.4 Å². The zero-order valence-corrected chi connectivity index (χ0v) is 13.2. The highest BCUT2D eigenvalue weighted by molar-refractivity contribution is 6.17. The summed E-state index contributed by atoms with van der Waals surface area (Å²) < 4.78 is 2.48. The Morgan fingerprint density at radius 1 is 1.40 bits per heavy atom. The van der Waals surface area contributed by atoms with Gasteiger partial charge in [-0.15, -0.1) is 11.6 Å². The highest BCUT2D eigenvalue weighted by Gasteiger charge is 2.27. The Hall–Kier alpha value is -1.02. The van der Waals surface area contributed by atoms with E-state index in [4.69, 9.17) is 16.6 Å². The van der Waals surface area contributed by atoms with Crippen LogP contribution in [0.2, 0.25) is 0 Å². The molecular weight excluding hydrogens is 268 g/mol. The number of fused-ring (bicyclic) bond motifs is 1. The number of hydrogen-bond donors (Lipinski definition) is 0. The van der Waals surface area contributed by atoms with Crippen molar-refractivity contribution < 1.29 is 0 Å². The van der Waals surface area contributed by atoms with E-state index in [1.165, 1.54) is 36.8 Å². The molecule has 2 aromatic rings. The van der Waals surface area contributed by atoms with Crippen LogP contribution in [-0.4, -0.2) is 15.4 Å². The zero-order valence-electron chi connectivity index (χ0n) is 12.4. The molecular formula is C17H23ClN2. The van der Waals surface area contributed by atoms with E-state index in [2.05, 4.69) is 36.6 Å². The predicted octanol–water partition coefficient (Wildman–Crippen LogP) is 4.88. The van der Waals surface area contributed by atoms with Crippen molar-refractivity contribution in [2.75, 3.05) is 5.88 Å². The number of aromatic nitrogens is 2. The summed E-state index contributed by atoms with van der Waals surface area (Å²) in [5, 5.41) is 0. The summed E-state index contributed by atoms with van der Waals surface area (Å²) in [6, 6.07) is 7.14. The van der Waals surface area contributed by atoms with Crippen LogP contribution in [0.3, 0.4) is 0 Å². The Labute approximate surface area is 126 Å². The number of aryl methyl sites for hydroxylation is 2. The first-order valence-corrected chi connectivity index (χ1v) is 8.29. The monoisotopic (exact) mass is 290 g/mol. The Morgan fingerprint density at radius 3 is 2.85 bits per heavy atom. The lowest BCUT2D eigenvalue weighted by molar-refractivity contribution is 0.427. The van der Waals surface area contributed by atoms with Crippen LogP contribution >= 0.6 is 11.6 Å². The number of hydrogen-bond acceptors (Lipinski definition) is 1. The van der Waals surface area contributed by atoms with Crippen LogP contribution in [0.1, 0.15) is 50.0 Å². The summed E-state index contributed by atoms with van der Waals surface area (Å²) >= 11 is 5.98. The van der Waals surface area contributed by atoms with E-state index in [1.807, 2.05) is 0 Å². The molecule has 0 saturated heterocycles. The van der Waals surface area contributed by atoms with Crippen molar-refractivity contribution in [1.82, 2.24) is 9.55 Å². The third-order valence-corrected chi connectivity index (χ3v) is 4.56. The maximum Gasteiger partial charge on any atom is 0.111 e. The molecule has 1 heterocycles. The van der Waals surface area contributed by atoms with Gasteiger partial charge < -0.3 is 4.57 Å². The van der Waals surface area contributed by atoms with Crippen molar-refractivity contribution >= 4 is 22.6 Å². The van der Waals surface area contributed by atoms with Gasteiger partial charge in [0.25, 0.3) is 0 Å². The molecule has 1 aliphatic carbocycles. The van der Waals surface area contributed by atoms with Gasteiger partial charge in [0, 0.05) is 18.3 Å². The van der Waals surface area contributed by atoms with E-state index in [0.717, 1.165) is 23.7 Å². The summed E-state index contributed by atoms with van der Waals surface area (Å²) in [5.41, 5.74) is 3.71. The lowest BCUT2D eigenvalue weighted by Gasteiger charge is -2.20. The molecule has 1 aliphatic rings. The molecule has 3 rings (SSSR count). The predicted molar refractivity (Wildman–Crippen MR) is 85.6 cm³/mol. The molecule has 108 valence electrons. The van der Waals surface area contributed by atoms with E-state index in [9.17, 15) is 0 Å². The molecule has 0 spiro atoms. The third-order valence-electron chi connectivity index (χ3n) is 4.37. The number of rotatable bonds is 6. The van der Waals surface area contributed by atoms with Crippen LogP contribution < -0.4 is 0 Å². The number of imidazole rings is 1. The lowest BCUT2D eigenvalue weighted by Crippen LogP contribution is -2.13. The number of alkyl halides is 1. The minimum atomic E-state index is 0.576. The van der Waals surface area contributed by atoms with Crippen molar-refractivity contribution in [3.8, 4) is 0 Å². The highest BCUT2D eigenvalue weighted by Crippen LogP contribution is 2.39. The van der Waals surface area contributed by atoms with E-state index in [1.54, 1.807) is 0 Å². The second kappa shape index (κ2) is 5.77. The lowest BCUT2D eigenvalue weighted by atomic mass is 10.1. The Bertz CT molecular complexity index is 598. The molecule has 1 fully saturated rings. The second-order valence-electron chi connectivity index (χ2n) is 6.07. The molecule has 3 heteroatoms. The molecule has 0 bridgehead atoms. The number of benzene rings is 1. The van der Waals surface area contributed by atoms with Crippen molar-refractivity contribution in [2.45, 2.75) is 52.0 Å². The van der Waals surface area contributed by atoms with Gasteiger partial charge >= 0.3 is 0 Å². The average molecular weight is 291 g/mol. The van der Waals surface area contributed by atoms with Crippen molar-refractivity contribution in [1.29, 1.82) is 0 Å². The molecule has 1 aromatic carbocycles. The van der Waals surface area contributed by atoms with Crippen LogP contribution in [0.4, 0.5) is 0 Å². The van der Waals surface area contributed by atoms with E-state index >= 15 is 0 Å². The quantitative estimate of drug-likeness (QED) is 0.694. The minimum Gasteiger partial charge on any atom is -0.325 e. The molecule has 2 nitrogen and oxygen atoms in total. The van der Waals surface area contributed by atoms with Gasteiger partial charge in [-0.3, -0.25) is 0 Å².